The zero-order valence-corrected chi connectivity index (χ0v) is 16.7. The molecule has 1 amide bonds. The van der Waals surface area contributed by atoms with E-state index in [1.807, 2.05) is 38.1 Å². The van der Waals surface area contributed by atoms with Crippen LogP contribution in [0.15, 0.2) is 48.5 Å². The topological polar surface area (TPSA) is 76.1 Å². The van der Waals surface area contributed by atoms with Crippen LogP contribution in [0.25, 0.3) is 0 Å². The predicted molar refractivity (Wildman–Crippen MR) is 111 cm³/mol. The lowest BCUT2D eigenvalue weighted by atomic mass is 10.2. The van der Waals surface area contributed by atoms with E-state index >= 15 is 0 Å². The Kier molecular flexibility index (Phi) is 6.11. The summed E-state index contributed by atoms with van der Waals surface area (Å²) >= 11 is 6.12. The first-order valence-electron chi connectivity index (χ1n) is 8.75. The standard InChI is InChI=1S/C21H21ClN4O2/c1-13-11-19(20(27)25-18-6-4-5-17(22)14(18)2)26-21(24-13)23-12-15-7-9-16(28-3)10-8-15/h4-11H,12H2,1-3H3,(H,25,27)(H,23,24,26). The van der Waals surface area contributed by atoms with Gasteiger partial charge in [0.05, 0.1) is 7.11 Å². The van der Waals surface area contributed by atoms with Crippen molar-refractivity contribution in [2.24, 2.45) is 0 Å². The first-order valence-corrected chi connectivity index (χ1v) is 9.13. The zero-order valence-electron chi connectivity index (χ0n) is 15.9. The van der Waals surface area contributed by atoms with Gasteiger partial charge in [-0.1, -0.05) is 29.8 Å². The maximum Gasteiger partial charge on any atom is 0.274 e. The number of nitrogens with one attached hydrogen (secondary N) is 2. The Morgan fingerprint density at radius 1 is 1.11 bits per heavy atom. The molecule has 144 valence electrons. The summed E-state index contributed by atoms with van der Waals surface area (Å²) < 4.78 is 5.16. The van der Waals surface area contributed by atoms with Gasteiger partial charge in [0, 0.05) is 22.9 Å². The lowest BCUT2D eigenvalue weighted by molar-refractivity contribution is 0.102. The van der Waals surface area contributed by atoms with E-state index < -0.39 is 0 Å². The third kappa shape index (κ3) is 4.78. The molecule has 2 N–H and O–H groups in total. The number of aromatic nitrogens is 2. The van der Waals surface area contributed by atoms with E-state index in [2.05, 4.69) is 20.6 Å². The number of carbonyl (C=O) groups excluding carboxylic acids is 1. The number of amides is 1. The molecular formula is C21H21ClN4O2. The molecule has 0 unspecified atom stereocenters. The highest BCUT2D eigenvalue weighted by Gasteiger charge is 2.13. The van der Waals surface area contributed by atoms with Gasteiger partial charge in [-0.25, -0.2) is 9.97 Å². The number of anilines is 2. The molecule has 0 bridgehead atoms. The predicted octanol–water partition coefficient (Wildman–Crippen LogP) is 4.62. The van der Waals surface area contributed by atoms with E-state index in [1.165, 1.54) is 0 Å². The van der Waals surface area contributed by atoms with Gasteiger partial charge < -0.3 is 15.4 Å². The number of hydrogen-bond acceptors (Lipinski definition) is 5. The van der Waals surface area contributed by atoms with Crippen LogP contribution in [0.1, 0.15) is 27.3 Å². The van der Waals surface area contributed by atoms with Crippen molar-refractivity contribution in [2.75, 3.05) is 17.7 Å². The van der Waals surface area contributed by atoms with Gasteiger partial charge >= 0.3 is 0 Å². The van der Waals surface area contributed by atoms with Crippen LogP contribution in [0.4, 0.5) is 11.6 Å². The van der Waals surface area contributed by atoms with Crippen LogP contribution in [-0.2, 0) is 6.54 Å². The summed E-state index contributed by atoms with van der Waals surface area (Å²) in [5.74, 6) is 0.873. The quantitative estimate of drug-likeness (QED) is 0.635. The summed E-state index contributed by atoms with van der Waals surface area (Å²) in [6.07, 6.45) is 0. The van der Waals surface area contributed by atoms with Crippen LogP contribution in [-0.4, -0.2) is 23.0 Å². The minimum Gasteiger partial charge on any atom is -0.497 e. The van der Waals surface area contributed by atoms with Crippen LogP contribution in [0, 0.1) is 13.8 Å². The van der Waals surface area contributed by atoms with Crippen molar-refractivity contribution in [3.05, 3.63) is 76.1 Å². The summed E-state index contributed by atoms with van der Waals surface area (Å²) in [5.41, 5.74) is 3.48. The normalized spacial score (nSPS) is 10.4. The van der Waals surface area contributed by atoms with E-state index in [-0.39, 0.29) is 11.6 Å². The third-order valence-corrected chi connectivity index (χ3v) is 4.62. The molecule has 0 aliphatic rings. The molecule has 3 rings (SSSR count). The Labute approximate surface area is 168 Å². The van der Waals surface area contributed by atoms with Gasteiger partial charge in [0.1, 0.15) is 11.4 Å². The Hall–Kier alpha value is -3.12. The monoisotopic (exact) mass is 396 g/mol. The second-order valence-electron chi connectivity index (χ2n) is 6.29. The summed E-state index contributed by atoms with van der Waals surface area (Å²) in [6.45, 7) is 4.20. The van der Waals surface area contributed by atoms with Crippen LogP contribution in [0.2, 0.25) is 5.02 Å². The fraction of sp³-hybridized carbons (Fsp3) is 0.190. The molecule has 2 aromatic carbocycles. The number of methoxy groups -OCH3 is 1. The summed E-state index contributed by atoms with van der Waals surface area (Å²) in [5, 5.41) is 6.60. The van der Waals surface area contributed by atoms with E-state index in [9.17, 15) is 4.79 Å². The van der Waals surface area contributed by atoms with Gasteiger partial charge in [-0.2, -0.15) is 0 Å². The number of rotatable bonds is 6. The maximum atomic E-state index is 12.6. The largest absolute Gasteiger partial charge is 0.497 e. The lowest BCUT2D eigenvalue weighted by Crippen LogP contribution is -2.16. The molecule has 7 heteroatoms. The Bertz CT molecular complexity index is 990. The minimum absolute atomic E-state index is 0.282. The molecule has 0 radical (unpaired) electrons. The number of hydrogen-bond donors (Lipinski definition) is 2. The number of carbonyl (C=O) groups is 1. The summed E-state index contributed by atoms with van der Waals surface area (Å²) in [7, 11) is 1.63. The van der Waals surface area contributed by atoms with Crippen LogP contribution in [0.3, 0.4) is 0 Å². The molecule has 0 saturated heterocycles. The summed E-state index contributed by atoms with van der Waals surface area (Å²) in [4.78, 5) is 21.3. The molecule has 0 saturated carbocycles. The van der Waals surface area contributed by atoms with Crippen molar-refractivity contribution in [2.45, 2.75) is 20.4 Å². The van der Waals surface area contributed by atoms with Crippen LogP contribution >= 0.6 is 11.6 Å². The molecule has 0 fully saturated rings. The number of ether oxygens (including phenoxy) is 1. The van der Waals surface area contributed by atoms with Gasteiger partial charge in [0.25, 0.3) is 5.91 Å². The van der Waals surface area contributed by atoms with Crippen molar-refractivity contribution in [1.82, 2.24) is 9.97 Å². The van der Waals surface area contributed by atoms with E-state index in [4.69, 9.17) is 16.3 Å². The Morgan fingerprint density at radius 3 is 2.57 bits per heavy atom. The van der Waals surface area contributed by atoms with Crippen LogP contribution < -0.4 is 15.4 Å². The van der Waals surface area contributed by atoms with E-state index in [0.717, 1.165) is 16.9 Å². The molecule has 28 heavy (non-hydrogen) atoms. The average molecular weight is 397 g/mol. The number of nitrogens with zero attached hydrogens (tertiary/aromatic N) is 2. The Balaban J connectivity index is 1.73. The molecular weight excluding hydrogens is 376 g/mol. The molecule has 6 nitrogen and oxygen atoms in total. The van der Waals surface area contributed by atoms with Gasteiger partial charge in [-0.3, -0.25) is 4.79 Å². The van der Waals surface area contributed by atoms with E-state index in [0.29, 0.717) is 28.9 Å². The van der Waals surface area contributed by atoms with Gasteiger partial charge in [0.15, 0.2) is 0 Å². The highest BCUT2D eigenvalue weighted by Crippen LogP contribution is 2.23. The molecule has 0 aliphatic heterocycles. The second kappa shape index (κ2) is 8.71. The number of aryl methyl sites for hydroxylation is 1. The SMILES string of the molecule is COc1ccc(CNc2nc(C)cc(C(=O)Nc3cccc(Cl)c3C)n2)cc1. The first kappa shape index (κ1) is 19.6. The third-order valence-electron chi connectivity index (χ3n) is 4.21. The number of halogens is 1. The molecule has 1 heterocycles. The molecule has 3 aromatic rings. The molecule has 0 atom stereocenters. The van der Waals surface area contributed by atoms with E-state index in [1.54, 1.807) is 31.4 Å². The maximum absolute atomic E-state index is 12.6. The number of benzene rings is 2. The fourth-order valence-electron chi connectivity index (χ4n) is 2.62. The molecule has 0 aliphatic carbocycles. The minimum atomic E-state index is -0.316. The van der Waals surface area contributed by atoms with Crippen molar-refractivity contribution < 1.29 is 9.53 Å². The van der Waals surface area contributed by atoms with Crippen molar-refractivity contribution in [1.29, 1.82) is 0 Å². The molecule has 0 spiro atoms. The van der Waals surface area contributed by atoms with Crippen molar-refractivity contribution >= 4 is 29.1 Å². The van der Waals surface area contributed by atoms with Gasteiger partial charge in [-0.15, -0.1) is 0 Å². The van der Waals surface area contributed by atoms with Gasteiger partial charge in [0.2, 0.25) is 5.95 Å². The lowest BCUT2D eigenvalue weighted by Gasteiger charge is -2.11. The summed E-state index contributed by atoms with van der Waals surface area (Å²) in [6, 6.07) is 14.7. The second-order valence-corrected chi connectivity index (χ2v) is 6.69. The van der Waals surface area contributed by atoms with Crippen LogP contribution in [0.5, 0.6) is 5.75 Å². The highest BCUT2D eigenvalue weighted by molar-refractivity contribution is 6.31. The van der Waals surface area contributed by atoms with Crippen molar-refractivity contribution in [3.8, 4) is 5.75 Å². The molecule has 1 aromatic heterocycles. The average Bonchev–Trinajstić information content (AvgIpc) is 2.70. The highest BCUT2D eigenvalue weighted by atomic mass is 35.5. The van der Waals surface area contributed by atoms with Crippen molar-refractivity contribution in [3.63, 3.8) is 0 Å². The zero-order chi connectivity index (χ0) is 20.1. The van der Waals surface area contributed by atoms with Gasteiger partial charge in [-0.05, 0) is 55.3 Å². The smallest absolute Gasteiger partial charge is 0.274 e. The first-order chi connectivity index (χ1) is 13.5. The Morgan fingerprint density at radius 2 is 1.86 bits per heavy atom. The fourth-order valence-corrected chi connectivity index (χ4v) is 2.79.